The number of nitrogens with zero attached hydrogens (tertiary/aromatic N) is 2. The van der Waals surface area contributed by atoms with Crippen LogP contribution in [-0.4, -0.2) is 40.1 Å². The lowest BCUT2D eigenvalue weighted by Crippen LogP contribution is -2.39. The van der Waals surface area contributed by atoms with Crippen molar-refractivity contribution in [2.75, 3.05) is 18.9 Å². The molecule has 2 aromatic heterocycles. The van der Waals surface area contributed by atoms with Gasteiger partial charge in [-0.15, -0.1) is 11.3 Å². The maximum absolute atomic E-state index is 12.7. The number of aliphatic hydroxyl groups is 1. The molecule has 3 heterocycles. The number of thiophene rings is 1. The van der Waals surface area contributed by atoms with Crippen LogP contribution in [0.1, 0.15) is 23.0 Å². The summed E-state index contributed by atoms with van der Waals surface area (Å²) in [6.45, 7) is 2.73. The van der Waals surface area contributed by atoms with Gasteiger partial charge in [0.1, 0.15) is 9.71 Å². The smallest absolute Gasteiger partial charge is 0.266 e. The van der Waals surface area contributed by atoms with Crippen molar-refractivity contribution in [1.29, 1.82) is 0 Å². The van der Waals surface area contributed by atoms with E-state index in [0.29, 0.717) is 23.0 Å². The second-order valence-electron chi connectivity index (χ2n) is 5.22. The maximum Gasteiger partial charge on any atom is 0.266 e. The minimum atomic E-state index is -0.111. The molecule has 0 aliphatic carbocycles. The van der Waals surface area contributed by atoms with Crippen LogP contribution in [0.3, 0.4) is 0 Å². The quantitative estimate of drug-likeness (QED) is 0.883. The van der Waals surface area contributed by atoms with E-state index in [2.05, 4.69) is 11.9 Å². The van der Waals surface area contributed by atoms with E-state index in [-0.39, 0.29) is 18.6 Å². The molecule has 106 valence electrons. The summed E-state index contributed by atoms with van der Waals surface area (Å²) in [5.41, 5.74) is 6.59. The molecule has 0 spiro atoms. The summed E-state index contributed by atoms with van der Waals surface area (Å²) in [6, 6.07) is 3.58. The highest BCUT2D eigenvalue weighted by atomic mass is 32.1. The molecule has 2 atom stereocenters. The SMILES string of the molecule is CC1CCN(C(=O)c2sc3ncccc3c2N)C1CO. The van der Waals surface area contributed by atoms with Gasteiger partial charge in [-0.1, -0.05) is 6.92 Å². The Kier molecular flexibility index (Phi) is 3.35. The third-order valence-corrected chi connectivity index (χ3v) is 5.15. The molecule has 1 saturated heterocycles. The first-order valence-corrected chi connectivity index (χ1v) is 7.50. The molecule has 2 aromatic rings. The minimum absolute atomic E-state index is 0.00401. The summed E-state index contributed by atoms with van der Waals surface area (Å²) in [6.07, 6.45) is 2.61. The van der Waals surface area contributed by atoms with E-state index >= 15 is 0 Å². The van der Waals surface area contributed by atoms with Crippen LogP contribution in [0.4, 0.5) is 5.69 Å². The number of fused-ring (bicyclic) bond motifs is 1. The number of aromatic nitrogens is 1. The lowest BCUT2D eigenvalue weighted by atomic mass is 10.0. The Morgan fingerprint density at radius 1 is 1.65 bits per heavy atom. The van der Waals surface area contributed by atoms with Crippen LogP contribution in [0.5, 0.6) is 0 Å². The van der Waals surface area contributed by atoms with Crippen LogP contribution in [0.15, 0.2) is 18.3 Å². The van der Waals surface area contributed by atoms with Gasteiger partial charge in [0.05, 0.1) is 18.3 Å². The summed E-state index contributed by atoms with van der Waals surface area (Å²) >= 11 is 1.32. The standard InChI is InChI=1S/C14H17N3O2S/c1-8-4-6-17(10(8)7-18)14(19)12-11(15)9-3-2-5-16-13(9)20-12/h2-3,5,8,10,18H,4,6-7,15H2,1H3. The summed E-state index contributed by atoms with van der Waals surface area (Å²) < 4.78 is 0. The van der Waals surface area contributed by atoms with Gasteiger partial charge in [-0.2, -0.15) is 0 Å². The summed E-state index contributed by atoms with van der Waals surface area (Å²) in [5.74, 6) is 0.228. The van der Waals surface area contributed by atoms with Gasteiger partial charge in [0.25, 0.3) is 5.91 Å². The molecule has 1 amide bonds. The van der Waals surface area contributed by atoms with Crippen molar-refractivity contribution < 1.29 is 9.90 Å². The molecular weight excluding hydrogens is 274 g/mol. The van der Waals surface area contributed by atoms with E-state index in [1.807, 2.05) is 12.1 Å². The van der Waals surface area contributed by atoms with Crippen molar-refractivity contribution in [3.63, 3.8) is 0 Å². The van der Waals surface area contributed by atoms with Gasteiger partial charge >= 0.3 is 0 Å². The highest BCUT2D eigenvalue weighted by Gasteiger charge is 2.35. The van der Waals surface area contributed by atoms with Gasteiger partial charge in [-0.05, 0) is 24.5 Å². The number of pyridine rings is 1. The molecule has 2 unspecified atom stereocenters. The van der Waals surface area contributed by atoms with Crippen LogP contribution < -0.4 is 5.73 Å². The zero-order chi connectivity index (χ0) is 14.3. The van der Waals surface area contributed by atoms with Crippen LogP contribution in [0, 0.1) is 5.92 Å². The Morgan fingerprint density at radius 3 is 3.15 bits per heavy atom. The molecule has 0 bridgehead atoms. The number of nitrogen functional groups attached to an aromatic ring is 1. The van der Waals surface area contributed by atoms with Crippen molar-refractivity contribution in [3.05, 3.63) is 23.2 Å². The predicted octanol–water partition coefficient (Wildman–Crippen LogP) is 1.72. The lowest BCUT2D eigenvalue weighted by molar-refractivity contribution is 0.0654. The summed E-state index contributed by atoms with van der Waals surface area (Å²) in [4.78, 5) is 20.0. The van der Waals surface area contributed by atoms with E-state index in [0.717, 1.165) is 16.6 Å². The van der Waals surface area contributed by atoms with Gasteiger partial charge in [-0.25, -0.2) is 4.98 Å². The molecule has 6 heteroatoms. The van der Waals surface area contributed by atoms with Crippen molar-refractivity contribution in [1.82, 2.24) is 9.88 Å². The molecule has 0 radical (unpaired) electrons. The van der Waals surface area contributed by atoms with Gasteiger partial charge < -0.3 is 15.7 Å². The number of nitrogens with two attached hydrogens (primary N) is 1. The average Bonchev–Trinajstić information content (AvgIpc) is 2.99. The molecule has 3 N–H and O–H groups in total. The summed E-state index contributed by atoms with van der Waals surface area (Å²) in [5, 5.41) is 10.3. The zero-order valence-corrected chi connectivity index (χ0v) is 12.1. The average molecular weight is 291 g/mol. The number of aliphatic hydroxyl groups excluding tert-OH is 1. The van der Waals surface area contributed by atoms with Crippen LogP contribution in [-0.2, 0) is 0 Å². The Hall–Kier alpha value is -1.66. The van der Waals surface area contributed by atoms with Crippen molar-refractivity contribution in [2.24, 2.45) is 5.92 Å². The number of hydrogen-bond donors (Lipinski definition) is 2. The first-order chi connectivity index (χ1) is 9.63. The molecule has 20 heavy (non-hydrogen) atoms. The molecule has 0 saturated carbocycles. The van der Waals surface area contributed by atoms with Gasteiger partial charge in [0, 0.05) is 18.1 Å². The molecule has 0 aromatic carbocycles. The zero-order valence-electron chi connectivity index (χ0n) is 11.2. The number of carbonyl (C=O) groups is 1. The van der Waals surface area contributed by atoms with Gasteiger partial charge in [0.15, 0.2) is 0 Å². The highest BCUT2D eigenvalue weighted by molar-refractivity contribution is 7.21. The number of amides is 1. The molecule has 1 fully saturated rings. The normalized spacial score (nSPS) is 22.6. The first kappa shape index (κ1) is 13.3. The van der Waals surface area contributed by atoms with Crippen LogP contribution >= 0.6 is 11.3 Å². The maximum atomic E-state index is 12.7. The van der Waals surface area contributed by atoms with Crippen LogP contribution in [0.2, 0.25) is 0 Å². The number of rotatable bonds is 2. The van der Waals surface area contributed by atoms with E-state index in [1.165, 1.54) is 11.3 Å². The fourth-order valence-electron chi connectivity index (χ4n) is 2.78. The topological polar surface area (TPSA) is 79.5 Å². The number of likely N-dealkylation sites (tertiary alicyclic amines) is 1. The van der Waals surface area contributed by atoms with E-state index in [1.54, 1.807) is 11.1 Å². The highest BCUT2D eigenvalue weighted by Crippen LogP contribution is 2.35. The monoisotopic (exact) mass is 291 g/mol. The Morgan fingerprint density at radius 2 is 2.45 bits per heavy atom. The fraction of sp³-hybridized carbons (Fsp3) is 0.429. The molecule has 3 rings (SSSR count). The molecular formula is C14H17N3O2S. The third-order valence-electron chi connectivity index (χ3n) is 4.03. The second kappa shape index (κ2) is 5.03. The van der Waals surface area contributed by atoms with E-state index in [4.69, 9.17) is 5.73 Å². The van der Waals surface area contributed by atoms with Crippen LogP contribution in [0.25, 0.3) is 10.2 Å². The molecule has 1 aliphatic heterocycles. The predicted molar refractivity (Wildman–Crippen MR) is 79.7 cm³/mol. The second-order valence-corrected chi connectivity index (χ2v) is 6.21. The molecule has 5 nitrogen and oxygen atoms in total. The van der Waals surface area contributed by atoms with E-state index in [9.17, 15) is 9.90 Å². The Bertz CT molecular complexity index is 655. The largest absolute Gasteiger partial charge is 0.397 e. The van der Waals surface area contributed by atoms with Gasteiger partial charge in [-0.3, -0.25) is 4.79 Å². The number of hydrogen-bond acceptors (Lipinski definition) is 5. The number of carbonyl (C=O) groups excluding carboxylic acids is 1. The Balaban J connectivity index is 1.99. The first-order valence-electron chi connectivity index (χ1n) is 6.68. The van der Waals surface area contributed by atoms with Crippen molar-refractivity contribution >= 4 is 33.1 Å². The van der Waals surface area contributed by atoms with Gasteiger partial charge in [0.2, 0.25) is 0 Å². The molecule has 1 aliphatic rings. The van der Waals surface area contributed by atoms with Crippen molar-refractivity contribution in [2.45, 2.75) is 19.4 Å². The number of anilines is 1. The third kappa shape index (κ3) is 1.96. The van der Waals surface area contributed by atoms with E-state index < -0.39 is 0 Å². The minimum Gasteiger partial charge on any atom is -0.397 e. The lowest BCUT2D eigenvalue weighted by Gasteiger charge is -2.24. The summed E-state index contributed by atoms with van der Waals surface area (Å²) in [7, 11) is 0. The van der Waals surface area contributed by atoms with Crippen molar-refractivity contribution in [3.8, 4) is 0 Å². The Labute approximate surface area is 121 Å². The fourth-order valence-corrected chi connectivity index (χ4v) is 3.80.